The van der Waals surface area contributed by atoms with Crippen LogP contribution < -0.4 is 10.1 Å². The van der Waals surface area contributed by atoms with Gasteiger partial charge in [0.1, 0.15) is 17.5 Å². The van der Waals surface area contributed by atoms with E-state index in [1.165, 1.54) is 19.1 Å². The quantitative estimate of drug-likeness (QED) is 0.446. The third-order valence-corrected chi connectivity index (χ3v) is 5.17. The highest BCUT2D eigenvalue weighted by Gasteiger charge is 2.44. The summed E-state index contributed by atoms with van der Waals surface area (Å²) in [5.41, 5.74) is -0.588. The van der Waals surface area contributed by atoms with Crippen molar-refractivity contribution >= 4 is 29.0 Å². The Morgan fingerprint density at radius 1 is 1.24 bits per heavy atom. The van der Waals surface area contributed by atoms with Gasteiger partial charge in [-0.2, -0.15) is 0 Å². The van der Waals surface area contributed by atoms with Crippen LogP contribution in [0.1, 0.15) is 53.1 Å². The number of rotatable bonds is 4. The predicted molar refractivity (Wildman–Crippen MR) is 105 cm³/mol. The van der Waals surface area contributed by atoms with Gasteiger partial charge in [-0.15, -0.1) is 0 Å². The van der Waals surface area contributed by atoms with Gasteiger partial charge >= 0.3 is 0 Å². The molecule has 2 aromatic carbocycles. The molecule has 2 atom stereocenters. The number of halogens is 1. The lowest BCUT2D eigenvalue weighted by Crippen LogP contribution is -2.53. The first-order chi connectivity index (χ1) is 13.5. The van der Waals surface area contributed by atoms with E-state index < -0.39 is 28.6 Å². The van der Waals surface area contributed by atoms with Crippen molar-refractivity contribution in [2.75, 3.05) is 0 Å². The monoisotopic (exact) mass is 418 g/mol. The van der Waals surface area contributed by atoms with Crippen LogP contribution in [0.25, 0.3) is 0 Å². The Labute approximate surface area is 171 Å². The lowest BCUT2D eigenvalue weighted by atomic mass is 9.85. The van der Waals surface area contributed by atoms with E-state index in [-0.39, 0.29) is 22.1 Å². The Balaban J connectivity index is 2.03. The Bertz CT molecular complexity index is 1020. The summed E-state index contributed by atoms with van der Waals surface area (Å²) in [6, 6.07) is 7.37. The molecule has 0 bridgehead atoms. The molecule has 1 amide bonds. The maximum Gasteiger partial charge on any atom is 0.270 e. The molecule has 0 saturated carbocycles. The first kappa shape index (κ1) is 20.8. The third kappa shape index (κ3) is 3.94. The number of hydrogen-bond donors (Lipinski definition) is 2. The number of nitrogens with one attached hydrogen (secondary N) is 1. The highest BCUT2D eigenvalue weighted by Crippen LogP contribution is 2.40. The highest BCUT2D eigenvalue weighted by atomic mass is 35.5. The number of nitro benzene ring substituents is 1. The van der Waals surface area contributed by atoms with Crippen LogP contribution in [-0.2, 0) is 0 Å². The molecule has 8 nitrogen and oxygen atoms in total. The Morgan fingerprint density at radius 3 is 2.55 bits per heavy atom. The number of non-ortho nitro benzene ring substituents is 1. The van der Waals surface area contributed by atoms with Crippen molar-refractivity contribution in [1.82, 2.24) is 5.32 Å². The SMILES string of the molecule is CC(=O)c1ccc2c(c1)[C@H](NC(=O)c1cc([N+](=O)[O-])ccc1Cl)[C@@H](O)C(C)(C)O2. The van der Waals surface area contributed by atoms with Gasteiger partial charge in [-0.3, -0.25) is 19.7 Å². The van der Waals surface area contributed by atoms with Crippen molar-refractivity contribution in [1.29, 1.82) is 0 Å². The fraction of sp³-hybridized carbons (Fsp3) is 0.300. The van der Waals surface area contributed by atoms with Gasteiger partial charge in [0.2, 0.25) is 0 Å². The van der Waals surface area contributed by atoms with Crippen molar-refractivity contribution in [3.05, 3.63) is 68.2 Å². The number of amides is 1. The molecule has 0 radical (unpaired) electrons. The van der Waals surface area contributed by atoms with Gasteiger partial charge in [-0.1, -0.05) is 11.6 Å². The second-order valence-electron chi connectivity index (χ2n) is 7.33. The molecule has 9 heteroatoms. The van der Waals surface area contributed by atoms with Crippen molar-refractivity contribution < 1.29 is 24.4 Å². The van der Waals surface area contributed by atoms with Gasteiger partial charge < -0.3 is 15.2 Å². The van der Waals surface area contributed by atoms with Gasteiger partial charge in [-0.25, -0.2) is 0 Å². The average Bonchev–Trinajstić information content (AvgIpc) is 2.64. The number of carbonyl (C=O) groups excluding carboxylic acids is 2. The number of aliphatic hydroxyl groups is 1. The van der Waals surface area contributed by atoms with E-state index >= 15 is 0 Å². The molecule has 0 saturated heterocycles. The Hall–Kier alpha value is -2.97. The molecule has 0 aromatic heterocycles. The van der Waals surface area contributed by atoms with Crippen LogP contribution in [0.3, 0.4) is 0 Å². The maximum absolute atomic E-state index is 12.9. The van der Waals surface area contributed by atoms with E-state index in [2.05, 4.69) is 5.32 Å². The van der Waals surface area contributed by atoms with E-state index in [1.54, 1.807) is 32.0 Å². The van der Waals surface area contributed by atoms with Gasteiger partial charge in [0.15, 0.2) is 5.78 Å². The number of fused-ring (bicyclic) bond motifs is 1. The summed E-state index contributed by atoms with van der Waals surface area (Å²) in [6.45, 7) is 4.74. The molecule has 1 aliphatic rings. The van der Waals surface area contributed by atoms with Crippen molar-refractivity contribution in [2.45, 2.75) is 38.5 Å². The Kier molecular flexibility index (Phi) is 5.34. The predicted octanol–water partition coefficient (Wildman–Crippen LogP) is 3.45. The standard InChI is InChI=1S/C20H19ClN2O6/c1-10(24)11-4-7-16-14(8-11)17(18(25)20(2,3)29-16)22-19(26)13-9-12(23(27)28)5-6-15(13)21/h4-9,17-18,25H,1-3H3,(H,22,26)/t17-,18+/m0/s1. The summed E-state index contributed by atoms with van der Waals surface area (Å²) in [4.78, 5) is 35.0. The third-order valence-electron chi connectivity index (χ3n) is 4.84. The molecular weight excluding hydrogens is 400 g/mol. The zero-order valence-corrected chi connectivity index (χ0v) is 16.7. The first-order valence-corrected chi connectivity index (χ1v) is 9.16. The first-order valence-electron chi connectivity index (χ1n) is 8.78. The Morgan fingerprint density at radius 2 is 1.93 bits per heavy atom. The van der Waals surface area contributed by atoms with Crippen LogP contribution >= 0.6 is 11.6 Å². The largest absolute Gasteiger partial charge is 0.485 e. The molecule has 0 fully saturated rings. The fourth-order valence-corrected chi connectivity index (χ4v) is 3.40. The van der Waals surface area contributed by atoms with E-state index in [0.717, 1.165) is 6.07 Å². The summed E-state index contributed by atoms with van der Waals surface area (Å²) >= 11 is 6.06. The number of Topliss-reactive ketones (excluding diaryl/α,β-unsaturated/α-hetero) is 1. The molecule has 2 aromatic rings. The summed E-state index contributed by atoms with van der Waals surface area (Å²) < 4.78 is 5.83. The van der Waals surface area contributed by atoms with E-state index in [0.29, 0.717) is 16.9 Å². The lowest BCUT2D eigenvalue weighted by Gasteiger charge is -2.42. The van der Waals surface area contributed by atoms with Gasteiger partial charge in [0.25, 0.3) is 11.6 Å². The van der Waals surface area contributed by atoms with Crippen LogP contribution in [0.15, 0.2) is 36.4 Å². The molecule has 0 unspecified atom stereocenters. The number of ketones is 1. The van der Waals surface area contributed by atoms with Crippen molar-refractivity contribution in [2.24, 2.45) is 0 Å². The molecule has 0 aliphatic carbocycles. The summed E-state index contributed by atoms with van der Waals surface area (Å²) in [5, 5.41) is 24.6. The minimum Gasteiger partial charge on any atom is -0.485 e. The minimum absolute atomic E-state index is 0.0339. The smallest absolute Gasteiger partial charge is 0.270 e. The molecule has 1 heterocycles. The summed E-state index contributed by atoms with van der Waals surface area (Å²) in [7, 11) is 0. The van der Waals surface area contributed by atoms with E-state index in [1.807, 2.05) is 0 Å². The van der Waals surface area contributed by atoms with Crippen LogP contribution in [0.5, 0.6) is 5.75 Å². The molecule has 152 valence electrons. The second kappa shape index (κ2) is 7.46. The topological polar surface area (TPSA) is 119 Å². The maximum atomic E-state index is 12.9. The molecule has 1 aliphatic heterocycles. The van der Waals surface area contributed by atoms with E-state index in [4.69, 9.17) is 16.3 Å². The molecule has 0 spiro atoms. The van der Waals surface area contributed by atoms with E-state index in [9.17, 15) is 24.8 Å². The molecule has 3 rings (SSSR count). The minimum atomic E-state index is -1.15. The number of aliphatic hydroxyl groups excluding tert-OH is 1. The number of nitro groups is 1. The molecule has 29 heavy (non-hydrogen) atoms. The summed E-state index contributed by atoms with van der Waals surface area (Å²) in [5.74, 6) is -0.459. The molecular formula is C20H19ClN2O6. The lowest BCUT2D eigenvalue weighted by molar-refractivity contribution is -0.384. The van der Waals surface area contributed by atoms with Crippen molar-refractivity contribution in [3.8, 4) is 5.75 Å². The number of hydrogen-bond acceptors (Lipinski definition) is 6. The van der Waals surface area contributed by atoms with Gasteiger partial charge in [0, 0.05) is 23.3 Å². The zero-order valence-electron chi connectivity index (χ0n) is 15.9. The highest BCUT2D eigenvalue weighted by molar-refractivity contribution is 6.34. The number of nitrogens with zero attached hydrogens (tertiary/aromatic N) is 1. The average molecular weight is 419 g/mol. The molecule has 2 N–H and O–H groups in total. The zero-order chi connectivity index (χ0) is 21.5. The fourth-order valence-electron chi connectivity index (χ4n) is 3.20. The second-order valence-corrected chi connectivity index (χ2v) is 7.74. The van der Waals surface area contributed by atoms with Crippen LogP contribution in [0.4, 0.5) is 5.69 Å². The van der Waals surface area contributed by atoms with Crippen LogP contribution in [0, 0.1) is 10.1 Å². The number of ether oxygens (including phenoxy) is 1. The summed E-state index contributed by atoms with van der Waals surface area (Å²) in [6.07, 6.45) is -1.15. The van der Waals surface area contributed by atoms with Gasteiger partial charge in [0.05, 0.1) is 21.6 Å². The van der Waals surface area contributed by atoms with Gasteiger partial charge in [-0.05, 0) is 45.0 Å². The number of benzene rings is 2. The normalized spacial score (nSPS) is 19.6. The van der Waals surface area contributed by atoms with Crippen LogP contribution in [0.2, 0.25) is 5.02 Å². The number of carbonyl (C=O) groups is 2. The van der Waals surface area contributed by atoms with Crippen molar-refractivity contribution in [3.63, 3.8) is 0 Å². The van der Waals surface area contributed by atoms with Crippen LogP contribution in [-0.4, -0.2) is 33.4 Å².